The van der Waals surface area contributed by atoms with Crippen LogP contribution in [0.15, 0.2) is 200 Å². The van der Waals surface area contributed by atoms with Gasteiger partial charge in [0.15, 0.2) is 0 Å². The van der Waals surface area contributed by atoms with Crippen LogP contribution in [0.2, 0.25) is 0 Å². The molecule has 0 saturated carbocycles. The first-order valence-corrected chi connectivity index (χ1v) is 21.0. The van der Waals surface area contributed by atoms with Crippen molar-refractivity contribution in [3.05, 3.63) is 200 Å². The second-order valence-corrected chi connectivity index (χ2v) is 17.9. The Hall–Kier alpha value is -6.11. The number of aromatic nitrogens is 3. The van der Waals surface area contributed by atoms with E-state index in [2.05, 4.69) is 209 Å². The maximum atomic E-state index is 5.55. The van der Waals surface area contributed by atoms with Crippen molar-refractivity contribution >= 4 is 103 Å². The molecule has 5 heteroatoms. The third kappa shape index (κ3) is 4.86. The second kappa shape index (κ2) is 12.8. The lowest BCUT2D eigenvalue weighted by Gasteiger charge is -2.23. The van der Waals surface area contributed by atoms with Crippen LogP contribution in [0, 0.1) is 0 Å². The van der Waals surface area contributed by atoms with Gasteiger partial charge in [-0.25, -0.2) is 4.98 Å². The molecule has 8 aromatic carbocycles. The molecule has 1 unspecified atom stereocenters. The van der Waals surface area contributed by atoms with Crippen LogP contribution < -0.4 is 26.5 Å². The monoisotopic (exact) mass is 725 g/mol. The molecule has 11 rings (SSSR count). The van der Waals surface area contributed by atoms with Gasteiger partial charge in [-0.1, -0.05) is 170 Å². The molecule has 3 aromatic heterocycles. The second-order valence-electron chi connectivity index (χ2n) is 13.7. The minimum atomic E-state index is -0.976. The van der Waals surface area contributed by atoms with Gasteiger partial charge in [-0.2, -0.15) is 0 Å². The molecule has 0 bridgehead atoms. The molecule has 0 aliphatic carbocycles. The van der Waals surface area contributed by atoms with Gasteiger partial charge in [-0.15, -0.1) is 0 Å². The predicted molar refractivity (Wildman–Crippen MR) is 234 cm³/mol. The van der Waals surface area contributed by atoms with Crippen LogP contribution >= 0.6 is 16.0 Å². The van der Waals surface area contributed by atoms with Crippen molar-refractivity contribution in [1.82, 2.24) is 13.7 Å². The van der Waals surface area contributed by atoms with Crippen molar-refractivity contribution in [2.75, 3.05) is 0 Å². The van der Waals surface area contributed by atoms with Crippen molar-refractivity contribution in [2.24, 2.45) is 0 Å². The summed E-state index contributed by atoms with van der Waals surface area (Å²) in [5, 5.41) is 12.9. The molecule has 0 aliphatic rings. The van der Waals surface area contributed by atoms with Crippen molar-refractivity contribution < 1.29 is 0 Å². The smallest absolute Gasteiger partial charge is 0.146 e. The zero-order valence-corrected chi connectivity index (χ0v) is 31.1. The Morgan fingerprint density at radius 2 is 0.889 bits per heavy atom. The Morgan fingerprint density at radius 3 is 1.52 bits per heavy atom. The number of imidazole rings is 1. The molecule has 0 aliphatic heterocycles. The molecular formula is C49H33N3P2. The van der Waals surface area contributed by atoms with Crippen molar-refractivity contribution in [2.45, 2.75) is 0 Å². The molecular weight excluding hydrogens is 693 g/mol. The summed E-state index contributed by atoms with van der Waals surface area (Å²) in [7, 11) is -1.80. The average Bonchev–Trinajstić information content (AvgIpc) is 3.79. The van der Waals surface area contributed by atoms with Crippen LogP contribution in [0.25, 0.3) is 60.2 Å². The number of rotatable bonds is 6. The molecule has 3 nitrogen and oxygen atoms in total. The van der Waals surface area contributed by atoms with Gasteiger partial charge >= 0.3 is 0 Å². The fraction of sp³-hybridized carbons (Fsp3) is 0. The van der Waals surface area contributed by atoms with Gasteiger partial charge in [0, 0.05) is 37.5 Å². The lowest BCUT2D eigenvalue weighted by atomic mass is 10.1. The van der Waals surface area contributed by atoms with E-state index in [1.165, 1.54) is 70.0 Å². The van der Waals surface area contributed by atoms with E-state index in [-0.39, 0.29) is 0 Å². The molecule has 3 heterocycles. The number of pyridine rings is 1. The predicted octanol–water partition coefficient (Wildman–Crippen LogP) is 10.6. The summed E-state index contributed by atoms with van der Waals surface area (Å²) in [5.74, 6) is 0. The topological polar surface area (TPSA) is 22.2 Å². The van der Waals surface area contributed by atoms with Crippen LogP contribution in [-0.4, -0.2) is 13.7 Å². The van der Waals surface area contributed by atoms with Crippen LogP contribution in [0.3, 0.4) is 0 Å². The fourth-order valence-electron chi connectivity index (χ4n) is 8.35. The minimum absolute atomic E-state index is 0.825. The molecule has 0 radical (unpaired) electrons. The first-order valence-electron chi connectivity index (χ1n) is 18.3. The van der Waals surface area contributed by atoms with E-state index in [0.29, 0.717) is 0 Å². The van der Waals surface area contributed by atoms with Gasteiger partial charge in [-0.05, 0) is 54.2 Å². The van der Waals surface area contributed by atoms with E-state index in [1.54, 1.807) is 0 Å². The van der Waals surface area contributed by atoms with Gasteiger partial charge < -0.3 is 4.34 Å². The maximum absolute atomic E-state index is 5.55. The summed E-state index contributed by atoms with van der Waals surface area (Å²) in [4.78, 5) is 5.55. The standard InChI is InChI=1S/C49H33N3P2/c1-4-17-34(18-5-1)53(35-19-6-2-7-20-35)47-30-16-26-41-48(47)40-25-12-13-27-43(40)51-46-32-31-37(33-42(46)50-49(41)51)54(36-21-8-3-9-22-36)52-44-28-14-10-23-38(44)39-24-11-15-29-45(39)52/h1-33H. The molecule has 0 saturated heterocycles. The molecule has 54 heavy (non-hydrogen) atoms. The summed E-state index contributed by atoms with van der Waals surface area (Å²) in [5.41, 5.74) is 6.80. The van der Waals surface area contributed by atoms with Crippen molar-refractivity contribution in [3.63, 3.8) is 0 Å². The summed E-state index contributed by atoms with van der Waals surface area (Å²) in [6, 6.07) is 73.4. The highest BCUT2D eigenvalue weighted by Gasteiger charge is 2.25. The molecule has 0 spiro atoms. The highest BCUT2D eigenvalue weighted by atomic mass is 31.1. The third-order valence-corrected chi connectivity index (χ3v) is 15.5. The highest BCUT2D eigenvalue weighted by Crippen LogP contribution is 2.45. The number of fused-ring (bicyclic) bond motifs is 11. The largest absolute Gasteiger partial charge is 0.310 e. The summed E-state index contributed by atoms with van der Waals surface area (Å²) in [6.45, 7) is 0. The first kappa shape index (κ1) is 31.4. The van der Waals surface area contributed by atoms with Crippen LogP contribution in [0.4, 0.5) is 0 Å². The van der Waals surface area contributed by atoms with Crippen LogP contribution in [0.1, 0.15) is 0 Å². The van der Waals surface area contributed by atoms with E-state index >= 15 is 0 Å². The number of nitrogens with zero attached hydrogens (tertiary/aromatic N) is 3. The minimum Gasteiger partial charge on any atom is -0.310 e. The molecule has 1 atom stereocenters. The van der Waals surface area contributed by atoms with Crippen molar-refractivity contribution in [3.8, 4) is 0 Å². The first-order chi connectivity index (χ1) is 26.8. The Kier molecular flexibility index (Phi) is 7.44. The van der Waals surface area contributed by atoms with E-state index < -0.39 is 16.0 Å². The SMILES string of the molecule is c1ccc(P(c2ccccc2)c2cccc3c2c2ccccc2n2c4ccc(P(c5ccccc5)n5c6ccccc6c6ccccc65)cc4nc32)cc1. The van der Waals surface area contributed by atoms with Crippen molar-refractivity contribution in [1.29, 1.82) is 0 Å². The molecule has 0 N–H and O–H groups in total. The Labute approximate surface area is 315 Å². The number of hydrogen-bond acceptors (Lipinski definition) is 1. The maximum Gasteiger partial charge on any atom is 0.146 e. The highest BCUT2D eigenvalue weighted by molar-refractivity contribution is 7.80. The van der Waals surface area contributed by atoms with E-state index in [9.17, 15) is 0 Å². The summed E-state index contributed by atoms with van der Waals surface area (Å²) >= 11 is 0. The molecule has 0 fully saturated rings. The van der Waals surface area contributed by atoms with Gasteiger partial charge in [0.25, 0.3) is 0 Å². The Balaban J connectivity index is 1.19. The van der Waals surface area contributed by atoms with Gasteiger partial charge in [-0.3, -0.25) is 4.40 Å². The third-order valence-electron chi connectivity index (χ3n) is 10.6. The normalized spacial score (nSPS) is 12.5. The van der Waals surface area contributed by atoms with E-state index in [4.69, 9.17) is 4.98 Å². The summed E-state index contributed by atoms with van der Waals surface area (Å²) in [6.07, 6.45) is 0. The van der Waals surface area contributed by atoms with E-state index in [0.717, 1.165) is 16.7 Å². The Morgan fingerprint density at radius 1 is 0.370 bits per heavy atom. The number of hydrogen-bond donors (Lipinski definition) is 0. The average molecular weight is 726 g/mol. The van der Waals surface area contributed by atoms with E-state index in [1.807, 2.05) is 0 Å². The molecule has 0 amide bonds. The summed E-state index contributed by atoms with van der Waals surface area (Å²) < 4.78 is 4.97. The van der Waals surface area contributed by atoms with Crippen LogP contribution in [-0.2, 0) is 0 Å². The van der Waals surface area contributed by atoms with Gasteiger partial charge in [0.1, 0.15) is 5.65 Å². The van der Waals surface area contributed by atoms with Gasteiger partial charge in [0.2, 0.25) is 0 Å². The van der Waals surface area contributed by atoms with Gasteiger partial charge in [0.05, 0.1) is 35.7 Å². The molecule has 254 valence electrons. The lowest BCUT2D eigenvalue weighted by Crippen LogP contribution is -2.21. The lowest BCUT2D eigenvalue weighted by molar-refractivity contribution is 1.32. The number of benzene rings is 8. The van der Waals surface area contributed by atoms with Crippen LogP contribution in [0.5, 0.6) is 0 Å². The molecule has 11 aromatic rings. The zero-order chi connectivity index (χ0) is 35.6. The quantitative estimate of drug-likeness (QED) is 0.124. The Bertz CT molecular complexity index is 3080. The fourth-order valence-corrected chi connectivity index (χ4v) is 13.3. The zero-order valence-electron chi connectivity index (χ0n) is 29.3. The number of para-hydroxylation sites is 3.